The molecule has 1 unspecified atom stereocenters. The molecule has 1 amide bonds. The van der Waals surface area contributed by atoms with Gasteiger partial charge in [0.15, 0.2) is 0 Å². The minimum atomic E-state index is 0.0665. The van der Waals surface area contributed by atoms with E-state index in [-0.39, 0.29) is 11.9 Å². The zero-order valence-electron chi connectivity index (χ0n) is 19.3. The number of carbonyl (C=O) groups is 1. The molecular weight excluding hydrogens is 436 g/mol. The fourth-order valence-corrected chi connectivity index (χ4v) is 5.00. The quantitative estimate of drug-likeness (QED) is 0.464. The van der Waals surface area contributed by atoms with E-state index in [2.05, 4.69) is 44.8 Å². The Morgan fingerprint density at radius 1 is 1.27 bits per heavy atom. The van der Waals surface area contributed by atoms with Gasteiger partial charge in [-0.1, -0.05) is 18.1 Å². The van der Waals surface area contributed by atoms with Crippen LogP contribution in [0.2, 0.25) is 0 Å². The average molecular weight is 469 g/mol. The molecule has 1 atom stereocenters. The Morgan fingerprint density at radius 2 is 2.06 bits per heavy atom. The van der Waals surface area contributed by atoms with Gasteiger partial charge in [0.05, 0.1) is 13.2 Å². The van der Waals surface area contributed by atoms with Crippen LogP contribution in [-0.4, -0.2) is 47.7 Å². The Hall–Kier alpha value is -2.71. The highest BCUT2D eigenvalue weighted by Gasteiger charge is 2.25. The molecule has 0 bridgehead atoms. The van der Waals surface area contributed by atoms with Crippen molar-refractivity contribution in [1.29, 1.82) is 0 Å². The monoisotopic (exact) mass is 468 g/mol. The number of piperidine rings is 1. The first-order valence-corrected chi connectivity index (χ1v) is 12.5. The lowest BCUT2D eigenvalue weighted by Crippen LogP contribution is -2.41. The molecule has 0 saturated carbocycles. The molecule has 176 valence electrons. The summed E-state index contributed by atoms with van der Waals surface area (Å²) in [5.74, 6) is 2.73. The van der Waals surface area contributed by atoms with E-state index < -0.39 is 0 Å². The fraction of sp³-hybridized carbons (Fsp3) is 0.480. The van der Waals surface area contributed by atoms with E-state index in [1.807, 2.05) is 24.3 Å². The molecule has 7 nitrogen and oxygen atoms in total. The molecule has 1 N–H and O–H groups in total. The van der Waals surface area contributed by atoms with Crippen molar-refractivity contribution < 1.29 is 14.1 Å². The SMILES string of the molecule is COc1ccc(-c2noc(CCCC(=O)NCC(c3cccs3)N3CCC(C)CC3)n2)cc1. The van der Waals surface area contributed by atoms with Crippen LogP contribution in [0.1, 0.15) is 49.4 Å². The second kappa shape index (κ2) is 11.4. The maximum atomic E-state index is 12.5. The van der Waals surface area contributed by atoms with Crippen LogP contribution in [0.4, 0.5) is 0 Å². The van der Waals surface area contributed by atoms with Crippen molar-refractivity contribution in [3.63, 3.8) is 0 Å². The van der Waals surface area contributed by atoms with Gasteiger partial charge < -0.3 is 14.6 Å². The fourth-order valence-electron chi connectivity index (χ4n) is 4.14. The van der Waals surface area contributed by atoms with Gasteiger partial charge in [0.2, 0.25) is 17.6 Å². The summed E-state index contributed by atoms with van der Waals surface area (Å²) in [6, 6.07) is 12.0. The summed E-state index contributed by atoms with van der Waals surface area (Å²) in [6.07, 6.45) is 4.13. The number of hydrogen-bond donors (Lipinski definition) is 1. The largest absolute Gasteiger partial charge is 0.497 e. The lowest BCUT2D eigenvalue weighted by Gasteiger charge is -2.36. The summed E-state index contributed by atoms with van der Waals surface area (Å²) in [5, 5.41) is 9.32. The van der Waals surface area contributed by atoms with Gasteiger partial charge in [-0.25, -0.2) is 0 Å². The summed E-state index contributed by atoms with van der Waals surface area (Å²) in [7, 11) is 1.63. The Bertz CT molecular complexity index is 995. The number of benzene rings is 1. The van der Waals surface area contributed by atoms with Gasteiger partial charge in [0, 0.05) is 29.8 Å². The third-order valence-corrected chi connectivity index (χ3v) is 7.21. The number of aromatic nitrogens is 2. The van der Waals surface area contributed by atoms with E-state index in [4.69, 9.17) is 9.26 Å². The second-order valence-corrected chi connectivity index (χ2v) is 9.63. The zero-order chi connectivity index (χ0) is 23.0. The average Bonchev–Trinajstić information content (AvgIpc) is 3.53. The van der Waals surface area contributed by atoms with E-state index in [1.165, 1.54) is 17.7 Å². The number of aryl methyl sites for hydroxylation is 1. The van der Waals surface area contributed by atoms with Crippen LogP contribution in [0.15, 0.2) is 46.3 Å². The van der Waals surface area contributed by atoms with E-state index in [0.29, 0.717) is 37.5 Å². The molecule has 1 aliphatic rings. The van der Waals surface area contributed by atoms with Crippen molar-refractivity contribution in [2.75, 3.05) is 26.7 Å². The molecule has 4 rings (SSSR count). The molecule has 3 aromatic rings. The van der Waals surface area contributed by atoms with E-state index in [0.717, 1.165) is 30.3 Å². The van der Waals surface area contributed by atoms with Crippen LogP contribution in [0.5, 0.6) is 5.75 Å². The molecule has 2 aromatic heterocycles. The second-order valence-electron chi connectivity index (χ2n) is 8.65. The zero-order valence-corrected chi connectivity index (χ0v) is 20.1. The van der Waals surface area contributed by atoms with Crippen molar-refractivity contribution in [3.8, 4) is 17.1 Å². The number of amides is 1. The number of hydrogen-bond acceptors (Lipinski definition) is 7. The van der Waals surface area contributed by atoms with E-state index in [9.17, 15) is 4.79 Å². The van der Waals surface area contributed by atoms with E-state index in [1.54, 1.807) is 18.4 Å². The maximum Gasteiger partial charge on any atom is 0.226 e. The number of likely N-dealkylation sites (tertiary alicyclic amines) is 1. The van der Waals surface area contributed by atoms with Gasteiger partial charge in [0.25, 0.3) is 0 Å². The van der Waals surface area contributed by atoms with Gasteiger partial charge in [-0.2, -0.15) is 4.98 Å². The molecule has 0 radical (unpaired) electrons. The molecular formula is C25H32N4O3S. The number of rotatable bonds is 10. The molecule has 1 fully saturated rings. The van der Waals surface area contributed by atoms with Crippen LogP contribution in [0, 0.1) is 5.92 Å². The summed E-state index contributed by atoms with van der Waals surface area (Å²) in [6.45, 7) is 5.15. The third kappa shape index (κ3) is 6.42. The third-order valence-electron chi connectivity index (χ3n) is 6.23. The standard InChI is InChI=1S/C25H32N4O3S/c1-18-12-14-29(15-13-18)21(22-5-4-16-33-22)17-26-23(30)6-3-7-24-27-25(28-32-24)19-8-10-20(31-2)11-9-19/h4-5,8-11,16,18,21H,3,6-7,12-15,17H2,1-2H3,(H,26,30). The van der Waals surface area contributed by atoms with Crippen molar-refractivity contribution in [2.24, 2.45) is 5.92 Å². The predicted molar refractivity (Wildman–Crippen MR) is 129 cm³/mol. The van der Waals surface area contributed by atoms with Gasteiger partial charge in [-0.15, -0.1) is 11.3 Å². The Kier molecular flexibility index (Phi) is 8.12. The van der Waals surface area contributed by atoms with Crippen LogP contribution in [0.25, 0.3) is 11.4 Å². The number of carbonyl (C=O) groups excluding carboxylic acids is 1. The summed E-state index contributed by atoms with van der Waals surface area (Å²) < 4.78 is 10.5. The normalized spacial score (nSPS) is 15.9. The minimum Gasteiger partial charge on any atom is -0.497 e. The molecule has 1 aliphatic heterocycles. The Labute approximate surface area is 199 Å². The molecule has 1 saturated heterocycles. The molecule has 3 heterocycles. The topological polar surface area (TPSA) is 80.5 Å². The van der Waals surface area contributed by atoms with Crippen LogP contribution in [0.3, 0.4) is 0 Å². The predicted octanol–water partition coefficient (Wildman–Crippen LogP) is 4.72. The lowest BCUT2D eigenvalue weighted by molar-refractivity contribution is -0.121. The summed E-state index contributed by atoms with van der Waals surface area (Å²) in [5.41, 5.74) is 0.871. The van der Waals surface area contributed by atoms with Crippen molar-refractivity contribution in [3.05, 3.63) is 52.5 Å². The number of nitrogens with one attached hydrogen (secondary N) is 1. The molecule has 1 aromatic carbocycles. The van der Waals surface area contributed by atoms with Gasteiger partial charge in [-0.3, -0.25) is 9.69 Å². The maximum absolute atomic E-state index is 12.5. The first-order chi connectivity index (χ1) is 16.1. The highest BCUT2D eigenvalue weighted by Crippen LogP contribution is 2.29. The molecule has 0 spiro atoms. The molecule has 0 aliphatic carbocycles. The lowest BCUT2D eigenvalue weighted by atomic mass is 9.97. The smallest absolute Gasteiger partial charge is 0.226 e. The highest BCUT2D eigenvalue weighted by molar-refractivity contribution is 7.10. The molecule has 8 heteroatoms. The first-order valence-electron chi connectivity index (χ1n) is 11.6. The van der Waals surface area contributed by atoms with Crippen LogP contribution in [-0.2, 0) is 11.2 Å². The van der Waals surface area contributed by atoms with Gasteiger partial charge >= 0.3 is 0 Å². The van der Waals surface area contributed by atoms with Gasteiger partial charge in [-0.05, 0) is 74.0 Å². The van der Waals surface area contributed by atoms with Crippen molar-refractivity contribution >= 4 is 17.2 Å². The van der Waals surface area contributed by atoms with Crippen LogP contribution < -0.4 is 10.1 Å². The number of thiophene rings is 1. The Morgan fingerprint density at radius 3 is 2.76 bits per heavy atom. The molecule has 33 heavy (non-hydrogen) atoms. The Balaban J connectivity index is 1.24. The number of methoxy groups -OCH3 is 1. The summed E-state index contributed by atoms with van der Waals surface area (Å²) >= 11 is 1.77. The van der Waals surface area contributed by atoms with Crippen LogP contribution >= 0.6 is 11.3 Å². The van der Waals surface area contributed by atoms with E-state index >= 15 is 0 Å². The van der Waals surface area contributed by atoms with Crippen molar-refractivity contribution in [2.45, 2.75) is 45.1 Å². The minimum absolute atomic E-state index is 0.0665. The van der Waals surface area contributed by atoms with Crippen molar-refractivity contribution in [1.82, 2.24) is 20.4 Å². The number of ether oxygens (including phenoxy) is 1. The van der Waals surface area contributed by atoms with Gasteiger partial charge in [0.1, 0.15) is 5.75 Å². The highest BCUT2D eigenvalue weighted by atomic mass is 32.1. The number of nitrogens with zero attached hydrogens (tertiary/aromatic N) is 3. The summed E-state index contributed by atoms with van der Waals surface area (Å²) in [4.78, 5) is 20.8. The first kappa shape index (κ1) is 23.4.